The molecule has 0 radical (unpaired) electrons. The van der Waals surface area contributed by atoms with Gasteiger partial charge in [-0.15, -0.1) is 12.6 Å². The van der Waals surface area contributed by atoms with Crippen LogP contribution in [-0.2, 0) is 6.42 Å². The molecule has 0 heterocycles. The van der Waals surface area contributed by atoms with Gasteiger partial charge in [-0.2, -0.15) is 0 Å². The molecular formula is C19H20S. The average Bonchev–Trinajstić information content (AvgIpc) is 2.58. The highest BCUT2D eigenvalue weighted by molar-refractivity contribution is 7.80. The Labute approximate surface area is 127 Å². The Morgan fingerprint density at radius 3 is 2.40 bits per heavy atom. The number of benzene rings is 2. The van der Waals surface area contributed by atoms with Crippen LogP contribution < -0.4 is 0 Å². The fourth-order valence-electron chi connectivity index (χ4n) is 3.05. The van der Waals surface area contributed by atoms with Crippen molar-refractivity contribution in [1.82, 2.24) is 0 Å². The second-order valence-electron chi connectivity index (χ2n) is 5.72. The highest BCUT2D eigenvalue weighted by Crippen LogP contribution is 2.35. The summed E-state index contributed by atoms with van der Waals surface area (Å²) in [7, 11) is 0. The maximum Gasteiger partial charge on any atom is 0.00431 e. The summed E-state index contributed by atoms with van der Waals surface area (Å²) in [5.74, 6) is 0. The van der Waals surface area contributed by atoms with E-state index in [0.717, 1.165) is 11.3 Å². The van der Waals surface area contributed by atoms with E-state index in [4.69, 9.17) is 0 Å². The molecule has 0 aromatic heterocycles. The molecule has 0 N–H and O–H groups in total. The van der Waals surface area contributed by atoms with Crippen LogP contribution in [0.15, 0.2) is 52.9 Å². The first kappa shape index (κ1) is 13.5. The minimum Gasteiger partial charge on any atom is -0.143 e. The summed E-state index contributed by atoms with van der Waals surface area (Å²) < 4.78 is 0. The number of fused-ring (bicyclic) bond motifs is 1. The van der Waals surface area contributed by atoms with Crippen molar-refractivity contribution in [3.63, 3.8) is 0 Å². The normalized spacial score (nSPS) is 14.9. The van der Waals surface area contributed by atoms with Crippen molar-refractivity contribution < 1.29 is 0 Å². The Bertz CT molecular complexity index is 663. The van der Waals surface area contributed by atoms with Gasteiger partial charge in [0.2, 0.25) is 0 Å². The molecule has 2 aromatic rings. The van der Waals surface area contributed by atoms with Crippen LogP contribution in [0.1, 0.15) is 42.0 Å². The van der Waals surface area contributed by atoms with E-state index in [9.17, 15) is 0 Å². The number of allylic oxidation sites excluding steroid dienone is 1. The number of thiol groups is 1. The van der Waals surface area contributed by atoms with Gasteiger partial charge in [-0.25, -0.2) is 0 Å². The summed E-state index contributed by atoms with van der Waals surface area (Å²) in [6, 6.07) is 15.5. The Kier molecular flexibility index (Phi) is 3.71. The topological polar surface area (TPSA) is 0 Å². The SMILES string of the molecule is CC1=C(c2ccc(C)cc2)c2ccc(S)cc2CCC1. The zero-order chi connectivity index (χ0) is 14.1. The smallest absolute Gasteiger partial charge is 0.00431 e. The van der Waals surface area contributed by atoms with Gasteiger partial charge >= 0.3 is 0 Å². The van der Waals surface area contributed by atoms with Gasteiger partial charge in [-0.05, 0) is 67.5 Å². The zero-order valence-corrected chi connectivity index (χ0v) is 13.0. The summed E-state index contributed by atoms with van der Waals surface area (Å²) in [5, 5.41) is 0. The molecule has 0 nitrogen and oxygen atoms in total. The summed E-state index contributed by atoms with van der Waals surface area (Å²) in [4.78, 5) is 1.06. The molecule has 2 aromatic carbocycles. The van der Waals surface area contributed by atoms with E-state index >= 15 is 0 Å². The highest BCUT2D eigenvalue weighted by atomic mass is 32.1. The van der Waals surface area contributed by atoms with E-state index in [0.29, 0.717) is 0 Å². The lowest BCUT2D eigenvalue weighted by Gasteiger charge is -2.14. The fraction of sp³-hybridized carbons (Fsp3) is 0.263. The van der Waals surface area contributed by atoms with Crippen molar-refractivity contribution in [2.45, 2.75) is 38.0 Å². The first-order valence-corrected chi connectivity index (χ1v) is 7.69. The summed E-state index contributed by atoms with van der Waals surface area (Å²) >= 11 is 4.49. The Morgan fingerprint density at radius 2 is 1.65 bits per heavy atom. The van der Waals surface area contributed by atoms with Crippen LogP contribution in [0.5, 0.6) is 0 Å². The van der Waals surface area contributed by atoms with Crippen LogP contribution in [0.25, 0.3) is 5.57 Å². The van der Waals surface area contributed by atoms with Crippen LogP contribution in [0.3, 0.4) is 0 Å². The molecule has 1 heteroatoms. The number of rotatable bonds is 1. The van der Waals surface area contributed by atoms with Gasteiger partial charge in [0.05, 0.1) is 0 Å². The van der Waals surface area contributed by atoms with Crippen LogP contribution in [0.4, 0.5) is 0 Å². The van der Waals surface area contributed by atoms with Gasteiger partial charge in [0.15, 0.2) is 0 Å². The third kappa shape index (κ3) is 2.55. The lowest BCUT2D eigenvalue weighted by atomic mass is 9.91. The second-order valence-corrected chi connectivity index (χ2v) is 6.23. The van der Waals surface area contributed by atoms with Crippen LogP contribution in [0.2, 0.25) is 0 Å². The number of hydrogen-bond donors (Lipinski definition) is 1. The van der Waals surface area contributed by atoms with Gasteiger partial charge in [-0.3, -0.25) is 0 Å². The van der Waals surface area contributed by atoms with E-state index in [-0.39, 0.29) is 0 Å². The maximum absolute atomic E-state index is 4.49. The number of aryl methyl sites for hydroxylation is 2. The Hall–Kier alpha value is -1.47. The third-order valence-corrected chi connectivity index (χ3v) is 4.40. The molecule has 0 saturated heterocycles. The lowest BCUT2D eigenvalue weighted by Crippen LogP contribution is -1.95. The van der Waals surface area contributed by atoms with Crippen molar-refractivity contribution in [2.24, 2.45) is 0 Å². The van der Waals surface area contributed by atoms with Gasteiger partial charge < -0.3 is 0 Å². The van der Waals surface area contributed by atoms with Gasteiger partial charge in [0.1, 0.15) is 0 Å². The Balaban J connectivity index is 2.19. The van der Waals surface area contributed by atoms with Crippen LogP contribution in [0, 0.1) is 6.92 Å². The van der Waals surface area contributed by atoms with Crippen molar-refractivity contribution >= 4 is 18.2 Å². The van der Waals surface area contributed by atoms with E-state index in [2.05, 4.69) is 68.9 Å². The molecule has 20 heavy (non-hydrogen) atoms. The largest absolute Gasteiger partial charge is 0.143 e. The first-order chi connectivity index (χ1) is 9.65. The highest BCUT2D eigenvalue weighted by Gasteiger charge is 2.16. The van der Waals surface area contributed by atoms with Gasteiger partial charge in [0, 0.05) is 4.90 Å². The van der Waals surface area contributed by atoms with Crippen molar-refractivity contribution in [2.75, 3.05) is 0 Å². The monoisotopic (exact) mass is 280 g/mol. The molecule has 102 valence electrons. The molecule has 0 bridgehead atoms. The quantitative estimate of drug-likeness (QED) is 0.660. The molecule has 0 unspecified atom stereocenters. The van der Waals surface area contributed by atoms with Gasteiger partial charge in [-0.1, -0.05) is 41.5 Å². The van der Waals surface area contributed by atoms with Crippen molar-refractivity contribution in [3.8, 4) is 0 Å². The van der Waals surface area contributed by atoms with E-state index in [1.54, 1.807) is 0 Å². The summed E-state index contributed by atoms with van der Waals surface area (Å²) in [5.41, 5.74) is 8.40. The third-order valence-electron chi connectivity index (χ3n) is 4.12. The summed E-state index contributed by atoms with van der Waals surface area (Å²) in [6.45, 7) is 4.41. The molecule has 0 amide bonds. The molecule has 1 aliphatic rings. The average molecular weight is 280 g/mol. The first-order valence-electron chi connectivity index (χ1n) is 7.24. The minimum atomic E-state index is 1.06. The maximum atomic E-state index is 4.49. The minimum absolute atomic E-state index is 1.06. The molecule has 0 spiro atoms. The molecule has 3 rings (SSSR count). The fourth-order valence-corrected chi connectivity index (χ4v) is 3.28. The van der Waals surface area contributed by atoms with Gasteiger partial charge in [0.25, 0.3) is 0 Å². The lowest BCUT2D eigenvalue weighted by molar-refractivity contribution is 0.822. The van der Waals surface area contributed by atoms with E-state index < -0.39 is 0 Å². The molecule has 0 atom stereocenters. The Morgan fingerprint density at radius 1 is 0.900 bits per heavy atom. The number of hydrogen-bond acceptors (Lipinski definition) is 1. The second kappa shape index (κ2) is 5.49. The standard InChI is InChI=1S/C19H20S/c1-13-6-8-15(9-7-13)19-14(2)4-3-5-16-12-17(20)10-11-18(16)19/h6-12,20H,3-5H2,1-2H3. The molecular weight excluding hydrogens is 260 g/mol. The predicted octanol–water partition coefficient (Wildman–Crippen LogP) is 5.44. The van der Waals surface area contributed by atoms with Crippen molar-refractivity contribution in [3.05, 3.63) is 70.3 Å². The van der Waals surface area contributed by atoms with E-state index in [1.165, 1.54) is 46.2 Å². The zero-order valence-electron chi connectivity index (χ0n) is 12.1. The predicted molar refractivity (Wildman–Crippen MR) is 89.5 cm³/mol. The van der Waals surface area contributed by atoms with Crippen LogP contribution in [-0.4, -0.2) is 0 Å². The molecule has 0 aliphatic heterocycles. The van der Waals surface area contributed by atoms with E-state index in [1.807, 2.05) is 0 Å². The molecule has 0 saturated carbocycles. The van der Waals surface area contributed by atoms with Crippen LogP contribution >= 0.6 is 12.6 Å². The molecule has 1 aliphatic carbocycles. The summed E-state index contributed by atoms with van der Waals surface area (Å²) in [6.07, 6.45) is 3.56. The molecule has 0 fully saturated rings. The van der Waals surface area contributed by atoms with Crippen molar-refractivity contribution in [1.29, 1.82) is 0 Å².